The molecule has 3 heteroatoms. The Morgan fingerprint density at radius 3 is 2.54 bits per heavy atom. The van der Waals surface area contributed by atoms with Crippen LogP contribution in [0.5, 0.6) is 0 Å². The van der Waals surface area contributed by atoms with Crippen molar-refractivity contribution in [1.29, 1.82) is 0 Å². The van der Waals surface area contributed by atoms with Crippen LogP contribution in [-0.4, -0.2) is 29.1 Å². The van der Waals surface area contributed by atoms with Gasteiger partial charge in [0, 0.05) is 12.3 Å². The van der Waals surface area contributed by atoms with E-state index in [2.05, 4.69) is 46.4 Å². The first-order chi connectivity index (χ1) is 11.4. The van der Waals surface area contributed by atoms with Crippen molar-refractivity contribution in [3.63, 3.8) is 0 Å². The molecule has 1 fully saturated rings. The molecule has 2 aliphatic heterocycles. The van der Waals surface area contributed by atoms with Gasteiger partial charge in [0.1, 0.15) is 0 Å². The van der Waals surface area contributed by atoms with Gasteiger partial charge in [-0.2, -0.15) is 0 Å². The standard InChI is InChI=1S/C21H30N2O/c1-7-8-9-18-13(3)14(4)19-20(15(18)5)22-11-17-10-12(2)16(6)23(17)21(19)24/h11-12,16-17H,7-10H2,1-6H3/t12?,16?,17-/m0/s1. The molecule has 3 rings (SSSR count). The first kappa shape index (κ1) is 17.2. The van der Waals surface area contributed by atoms with E-state index in [0.29, 0.717) is 5.92 Å². The van der Waals surface area contributed by atoms with Crippen LogP contribution in [0.2, 0.25) is 0 Å². The molecular formula is C21H30N2O. The Balaban J connectivity index is 2.16. The van der Waals surface area contributed by atoms with Gasteiger partial charge in [0.25, 0.3) is 5.91 Å². The molecule has 1 aromatic rings. The van der Waals surface area contributed by atoms with E-state index in [1.165, 1.54) is 29.5 Å². The van der Waals surface area contributed by atoms with Gasteiger partial charge >= 0.3 is 0 Å². The van der Waals surface area contributed by atoms with Crippen molar-refractivity contribution in [3.05, 3.63) is 27.8 Å². The maximum absolute atomic E-state index is 13.4. The second-order valence-electron chi connectivity index (χ2n) is 7.69. The van der Waals surface area contributed by atoms with Crippen LogP contribution in [0.3, 0.4) is 0 Å². The summed E-state index contributed by atoms with van der Waals surface area (Å²) in [5.74, 6) is 0.702. The van der Waals surface area contributed by atoms with E-state index in [-0.39, 0.29) is 18.0 Å². The quantitative estimate of drug-likeness (QED) is 0.777. The van der Waals surface area contributed by atoms with Gasteiger partial charge in [-0.15, -0.1) is 0 Å². The van der Waals surface area contributed by atoms with Crippen molar-refractivity contribution in [2.24, 2.45) is 10.9 Å². The van der Waals surface area contributed by atoms with Crippen LogP contribution in [0.4, 0.5) is 5.69 Å². The van der Waals surface area contributed by atoms with Gasteiger partial charge in [-0.25, -0.2) is 0 Å². The molecule has 0 aliphatic carbocycles. The Bertz CT molecular complexity index is 705. The number of nitrogens with zero attached hydrogens (tertiary/aromatic N) is 2. The molecular weight excluding hydrogens is 296 g/mol. The third kappa shape index (κ3) is 2.49. The van der Waals surface area contributed by atoms with Gasteiger partial charge in [-0.05, 0) is 75.1 Å². The van der Waals surface area contributed by atoms with Crippen LogP contribution < -0.4 is 0 Å². The molecule has 1 saturated heterocycles. The summed E-state index contributed by atoms with van der Waals surface area (Å²) in [5.41, 5.74) is 6.75. The molecule has 1 aromatic carbocycles. The highest BCUT2D eigenvalue weighted by Crippen LogP contribution is 2.40. The van der Waals surface area contributed by atoms with Crippen LogP contribution in [0.1, 0.15) is 72.6 Å². The fourth-order valence-corrected chi connectivity index (χ4v) is 4.38. The molecule has 2 heterocycles. The number of hydrogen-bond donors (Lipinski definition) is 0. The number of aliphatic imine (C=N–C) groups is 1. The number of benzene rings is 1. The van der Waals surface area contributed by atoms with E-state index in [4.69, 9.17) is 4.99 Å². The normalized spacial score (nSPS) is 25.7. The zero-order chi connectivity index (χ0) is 17.6. The highest BCUT2D eigenvalue weighted by Gasteiger charge is 2.41. The summed E-state index contributed by atoms with van der Waals surface area (Å²) in [6.45, 7) is 13.0. The zero-order valence-corrected chi connectivity index (χ0v) is 15.9. The van der Waals surface area contributed by atoms with Crippen LogP contribution in [0.15, 0.2) is 4.99 Å². The summed E-state index contributed by atoms with van der Waals surface area (Å²) in [5, 5.41) is 0. The number of hydrogen-bond acceptors (Lipinski definition) is 2. The van der Waals surface area contributed by atoms with Crippen molar-refractivity contribution in [2.75, 3.05) is 0 Å². The smallest absolute Gasteiger partial charge is 0.257 e. The van der Waals surface area contributed by atoms with Crippen LogP contribution in [0, 0.1) is 26.7 Å². The van der Waals surface area contributed by atoms with E-state index < -0.39 is 0 Å². The van der Waals surface area contributed by atoms with E-state index in [0.717, 1.165) is 29.7 Å². The Labute approximate surface area is 146 Å². The Morgan fingerprint density at radius 1 is 1.17 bits per heavy atom. The Kier molecular flexibility index (Phi) is 4.54. The van der Waals surface area contributed by atoms with Gasteiger partial charge in [-0.3, -0.25) is 9.79 Å². The lowest BCUT2D eigenvalue weighted by molar-refractivity contribution is 0.0712. The highest BCUT2D eigenvalue weighted by molar-refractivity contribution is 6.05. The highest BCUT2D eigenvalue weighted by atomic mass is 16.2. The molecule has 0 N–H and O–H groups in total. The second kappa shape index (κ2) is 6.34. The van der Waals surface area contributed by atoms with Crippen molar-refractivity contribution >= 4 is 17.8 Å². The largest absolute Gasteiger partial charge is 0.328 e. The molecule has 1 amide bonds. The summed E-state index contributed by atoms with van der Waals surface area (Å²) >= 11 is 0. The summed E-state index contributed by atoms with van der Waals surface area (Å²) < 4.78 is 0. The number of rotatable bonds is 3. The predicted molar refractivity (Wildman–Crippen MR) is 101 cm³/mol. The van der Waals surface area contributed by atoms with Crippen molar-refractivity contribution in [1.82, 2.24) is 4.90 Å². The van der Waals surface area contributed by atoms with E-state index in [1.54, 1.807) is 0 Å². The van der Waals surface area contributed by atoms with Crippen LogP contribution >= 0.6 is 0 Å². The van der Waals surface area contributed by atoms with Gasteiger partial charge in [-0.1, -0.05) is 20.3 Å². The molecule has 0 spiro atoms. The molecule has 0 bridgehead atoms. The summed E-state index contributed by atoms with van der Waals surface area (Å²) in [6.07, 6.45) is 6.48. The SMILES string of the molecule is CCCCc1c(C)c(C)c2c(c1C)N=C[C@@H]1CC(C)C(C)N1C2=O. The molecule has 2 unspecified atom stereocenters. The molecule has 0 aromatic heterocycles. The van der Waals surface area contributed by atoms with E-state index in [9.17, 15) is 4.79 Å². The Morgan fingerprint density at radius 2 is 1.88 bits per heavy atom. The fourth-order valence-electron chi connectivity index (χ4n) is 4.38. The summed E-state index contributed by atoms with van der Waals surface area (Å²) in [4.78, 5) is 20.3. The van der Waals surface area contributed by atoms with Gasteiger partial charge in [0.2, 0.25) is 0 Å². The number of carbonyl (C=O) groups is 1. The monoisotopic (exact) mass is 326 g/mol. The van der Waals surface area contributed by atoms with Crippen molar-refractivity contribution in [3.8, 4) is 0 Å². The minimum atomic E-state index is 0.146. The maximum Gasteiger partial charge on any atom is 0.257 e. The third-order valence-corrected chi connectivity index (χ3v) is 6.27. The first-order valence-corrected chi connectivity index (χ1v) is 9.37. The Hall–Kier alpha value is -1.64. The number of fused-ring (bicyclic) bond motifs is 2. The van der Waals surface area contributed by atoms with Crippen molar-refractivity contribution < 1.29 is 4.79 Å². The first-order valence-electron chi connectivity index (χ1n) is 9.37. The van der Waals surface area contributed by atoms with Crippen molar-refractivity contribution in [2.45, 2.75) is 79.3 Å². The average molecular weight is 326 g/mol. The lowest BCUT2D eigenvalue weighted by Crippen LogP contribution is -2.41. The number of amides is 1. The topological polar surface area (TPSA) is 32.7 Å². The maximum atomic E-state index is 13.4. The average Bonchev–Trinajstić information content (AvgIpc) is 2.74. The van der Waals surface area contributed by atoms with Gasteiger partial charge < -0.3 is 4.90 Å². The molecule has 0 saturated carbocycles. The van der Waals surface area contributed by atoms with Crippen LogP contribution in [-0.2, 0) is 6.42 Å². The summed E-state index contributed by atoms with van der Waals surface area (Å²) in [6, 6.07) is 0.424. The lowest BCUT2D eigenvalue weighted by Gasteiger charge is -2.28. The van der Waals surface area contributed by atoms with Crippen LogP contribution in [0.25, 0.3) is 0 Å². The zero-order valence-electron chi connectivity index (χ0n) is 15.9. The molecule has 3 nitrogen and oxygen atoms in total. The number of unbranched alkanes of at least 4 members (excludes halogenated alkanes) is 1. The van der Waals surface area contributed by atoms with E-state index >= 15 is 0 Å². The fraction of sp³-hybridized carbons (Fsp3) is 0.619. The predicted octanol–water partition coefficient (Wildman–Crippen LogP) is 4.91. The number of carbonyl (C=O) groups excluding carboxylic acids is 1. The van der Waals surface area contributed by atoms with Gasteiger partial charge in [0.15, 0.2) is 0 Å². The molecule has 0 radical (unpaired) electrons. The molecule has 130 valence electrons. The molecule has 2 aliphatic rings. The summed E-state index contributed by atoms with van der Waals surface area (Å²) in [7, 11) is 0. The third-order valence-electron chi connectivity index (χ3n) is 6.27. The second-order valence-corrected chi connectivity index (χ2v) is 7.69. The lowest BCUT2D eigenvalue weighted by atomic mass is 9.88. The minimum Gasteiger partial charge on any atom is -0.328 e. The molecule has 24 heavy (non-hydrogen) atoms. The molecule has 3 atom stereocenters. The minimum absolute atomic E-state index is 0.146. The van der Waals surface area contributed by atoms with E-state index in [1.807, 2.05) is 6.21 Å². The van der Waals surface area contributed by atoms with Gasteiger partial charge in [0.05, 0.1) is 17.3 Å².